The third-order valence-electron chi connectivity index (χ3n) is 6.51. The van der Waals surface area contributed by atoms with Gasteiger partial charge in [-0.2, -0.15) is 0 Å². The molecule has 0 fully saturated rings. The molecule has 178 valence electrons. The lowest BCUT2D eigenvalue weighted by Gasteiger charge is -2.18. The van der Waals surface area contributed by atoms with Gasteiger partial charge in [0.1, 0.15) is 0 Å². The van der Waals surface area contributed by atoms with Crippen LogP contribution in [0.25, 0.3) is 22.1 Å². The third kappa shape index (κ3) is 4.03. The smallest absolute Gasteiger partial charge is 0.331 e. The van der Waals surface area contributed by atoms with E-state index in [4.69, 9.17) is 4.74 Å². The van der Waals surface area contributed by atoms with E-state index in [1.165, 1.54) is 0 Å². The minimum absolute atomic E-state index is 0.0425. The molecule has 0 radical (unpaired) electrons. The number of rotatable bonds is 7. The van der Waals surface area contributed by atoms with Gasteiger partial charge in [0.15, 0.2) is 5.65 Å². The molecule has 3 aromatic heterocycles. The highest BCUT2D eigenvalue weighted by Crippen LogP contribution is 2.28. The van der Waals surface area contributed by atoms with Crippen molar-refractivity contribution in [1.29, 1.82) is 0 Å². The maximum Gasteiger partial charge on any atom is 0.331 e. The lowest BCUT2D eigenvalue weighted by atomic mass is 10.0. The molecular formula is C28H28N4O3. The third-order valence-corrected chi connectivity index (χ3v) is 6.51. The molecule has 0 bridgehead atoms. The number of aryl methyl sites for hydroxylation is 2. The lowest BCUT2D eigenvalue weighted by Crippen LogP contribution is -2.30. The van der Waals surface area contributed by atoms with E-state index in [2.05, 4.69) is 34.8 Å². The number of carbonyl (C=O) groups excluding carboxylic acids is 1. The molecule has 0 saturated heterocycles. The van der Waals surface area contributed by atoms with Crippen molar-refractivity contribution in [3.63, 3.8) is 0 Å². The first-order valence-electron chi connectivity index (χ1n) is 11.8. The topological polar surface area (TPSA) is 71.0 Å². The van der Waals surface area contributed by atoms with Crippen LogP contribution >= 0.6 is 0 Å². The Labute approximate surface area is 203 Å². The van der Waals surface area contributed by atoms with Crippen LogP contribution in [0, 0.1) is 6.92 Å². The van der Waals surface area contributed by atoms with Crippen molar-refractivity contribution >= 4 is 28.0 Å². The molecule has 35 heavy (non-hydrogen) atoms. The van der Waals surface area contributed by atoms with Crippen molar-refractivity contribution in [2.24, 2.45) is 7.05 Å². The van der Waals surface area contributed by atoms with Crippen LogP contribution in [0.1, 0.15) is 36.1 Å². The molecule has 0 saturated carbocycles. The molecule has 1 atom stereocenters. The van der Waals surface area contributed by atoms with E-state index < -0.39 is 6.04 Å². The van der Waals surface area contributed by atoms with E-state index >= 15 is 0 Å². The number of pyridine rings is 1. The van der Waals surface area contributed by atoms with Crippen LogP contribution in [0.5, 0.6) is 0 Å². The van der Waals surface area contributed by atoms with Gasteiger partial charge in [-0.3, -0.25) is 13.9 Å². The number of carbonyl (C=O) groups is 1. The summed E-state index contributed by atoms with van der Waals surface area (Å²) in [6, 6.07) is 19.0. The van der Waals surface area contributed by atoms with E-state index in [-0.39, 0.29) is 24.7 Å². The fourth-order valence-electron chi connectivity index (χ4n) is 4.98. The summed E-state index contributed by atoms with van der Waals surface area (Å²) in [5.41, 5.74) is 5.28. The number of hydrogen-bond acceptors (Lipinski definition) is 4. The quantitative estimate of drug-likeness (QED) is 0.328. The number of fused-ring (bicyclic) bond motifs is 2. The summed E-state index contributed by atoms with van der Waals surface area (Å²) in [5.74, 6) is -0.352. The maximum atomic E-state index is 14.0. The summed E-state index contributed by atoms with van der Waals surface area (Å²) >= 11 is 0. The Morgan fingerprint density at radius 1 is 1.03 bits per heavy atom. The summed E-state index contributed by atoms with van der Waals surface area (Å²) in [6.07, 6.45) is 3.80. The van der Waals surface area contributed by atoms with Crippen molar-refractivity contribution in [1.82, 2.24) is 18.7 Å². The standard InChI is InChI=1S/C28H28N4O3/c1-4-35-25(33)16-24(20-11-6-5-7-12-20)32-27-23(14-9-15-29-27)31(28(32)34)18-21-17-30(3)22-13-8-10-19(2)26(21)22/h5-15,17,24H,4,16,18H2,1-3H3/t24-/m1/s1. The maximum absolute atomic E-state index is 14.0. The molecule has 0 aliphatic carbocycles. The average molecular weight is 469 g/mol. The number of benzene rings is 2. The Morgan fingerprint density at radius 2 is 1.80 bits per heavy atom. The molecule has 7 heteroatoms. The first kappa shape index (κ1) is 22.7. The van der Waals surface area contributed by atoms with Gasteiger partial charge in [-0.1, -0.05) is 42.5 Å². The van der Waals surface area contributed by atoms with Crippen LogP contribution in [0.15, 0.2) is 77.9 Å². The first-order chi connectivity index (χ1) is 17.0. The second-order valence-electron chi connectivity index (χ2n) is 8.75. The van der Waals surface area contributed by atoms with Gasteiger partial charge in [0.2, 0.25) is 0 Å². The van der Waals surface area contributed by atoms with E-state index in [1.807, 2.05) is 55.6 Å². The minimum atomic E-state index is -0.532. The van der Waals surface area contributed by atoms with Crippen LogP contribution in [-0.4, -0.2) is 31.3 Å². The molecule has 7 nitrogen and oxygen atoms in total. The summed E-state index contributed by atoms with van der Waals surface area (Å²) in [6.45, 7) is 4.55. The van der Waals surface area contributed by atoms with Crippen LogP contribution in [0.3, 0.4) is 0 Å². The molecule has 0 amide bonds. The highest BCUT2D eigenvalue weighted by Gasteiger charge is 2.26. The Kier molecular flexibility index (Phi) is 5.99. The number of imidazole rings is 1. The molecule has 5 aromatic rings. The van der Waals surface area contributed by atoms with Crippen molar-refractivity contribution in [2.75, 3.05) is 6.61 Å². The van der Waals surface area contributed by atoms with Crippen molar-refractivity contribution in [2.45, 2.75) is 32.9 Å². The number of hydrogen-bond donors (Lipinski definition) is 0. The molecular weight excluding hydrogens is 440 g/mol. The fraction of sp³-hybridized carbons (Fsp3) is 0.250. The summed E-state index contributed by atoms with van der Waals surface area (Å²) < 4.78 is 10.7. The number of esters is 1. The summed E-state index contributed by atoms with van der Waals surface area (Å²) in [7, 11) is 2.02. The Bertz CT molecular complexity index is 1580. The summed E-state index contributed by atoms with van der Waals surface area (Å²) in [5, 5.41) is 1.15. The largest absolute Gasteiger partial charge is 0.466 e. The molecule has 0 N–H and O–H groups in total. The van der Waals surface area contributed by atoms with Crippen molar-refractivity contribution < 1.29 is 9.53 Å². The van der Waals surface area contributed by atoms with Gasteiger partial charge < -0.3 is 9.30 Å². The zero-order chi connectivity index (χ0) is 24.5. The number of ether oxygens (including phenoxy) is 1. The van der Waals surface area contributed by atoms with Gasteiger partial charge >= 0.3 is 11.7 Å². The normalized spacial score (nSPS) is 12.3. The van der Waals surface area contributed by atoms with Gasteiger partial charge in [-0.25, -0.2) is 9.78 Å². The molecule has 0 aliphatic rings. The van der Waals surface area contributed by atoms with Gasteiger partial charge in [0, 0.05) is 30.3 Å². The van der Waals surface area contributed by atoms with Crippen LogP contribution < -0.4 is 5.69 Å². The molecule has 0 aliphatic heterocycles. The number of aromatic nitrogens is 4. The molecule has 2 aromatic carbocycles. The Balaban J connectivity index is 1.69. The Morgan fingerprint density at radius 3 is 2.57 bits per heavy atom. The lowest BCUT2D eigenvalue weighted by molar-refractivity contribution is -0.143. The Hall–Kier alpha value is -4.13. The molecule has 0 spiro atoms. The molecule has 3 heterocycles. The van der Waals surface area contributed by atoms with E-state index in [1.54, 1.807) is 22.3 Å². The highest BCUT2D eigenvalue weighted by atomic mass is 16.5. The minimum Gasteiger partial charge on any atom is -0.466 e. The first-order valence-corrected chi connectivity index (χ1v) is 11.8. The zero-order valence-corrected chi connectivity index (χ0v) is 20.1. The highest BCUT2D eigenvalue weighted by molar-refractivity contribution is 5.87. The van der Waals surface area contributed by atoms with Crippen LogP contribution in [0.2, 0.25) is 0 Å². The van der Waals surface area contributed by atoms with Gasteiger partial charge in [-0.15, -0.1) is 0 Å². The zero-order valence-electron chi connectivity index (χ0n) is 20.1. The van der Waals surface area contributed by atoms with E-state index in [9.17, 15) is 9.59 Å². The van der Waals surface area contributed by atoms with Crippen LogP contribution in [0.4, 0.5) is 0 Å². The molecule has 0 unspecified atom stereocenters. The van der Waals surface area contributed by atoms with Gasteiger partial charge in [0.25, 0.3) is 0 Å². The van der Waals surface area contributed by atoms with Gasteiger partial charge in [0.05, 0.1) is 31.1 Å². The van der Waals surface area contributed by atoms with E-state index in [0.29, 0.717) is 12.2 Å². The number of nitrogens with zero attached hydrogens (tertiary/aromatic N) is 4. The average Bonchev–Trinajstić information content (AvgIpc) is 3.33. The fourth-order valence-corrected chi connectivity index (χ4v) is 4.98. The van der Waals surface area contributed by atoms with Gasteiger partial charge in [-0.05, 0) is 48.7 Å². The second-order valence-corrected chi connectivity index (χ2v) is 8.75. The van der Waals surface area contributed by atoms with Crippen molar-refractivity contribution in [3.8, 4) is 0 Å². The predicted octanol–water partition coefficient (Wildman–Crippen LogP) is 4.59. The van der Waals surface area contributed by atoms with E-state index in [0.717, 1.165) is 33.1 Å². The SMILES string of the molecule is CCOC(=O)C[C@H](c1ccccc1)n1c(=O)n(Cc2cn(C)c3cccc(C)c23)c2cccnc21. The monoisotopic (exact) mass is 468 g/mol. The van der Waals surface area contributed by atoms with Crippen molar-refractivity contribution in [3.05, 3.63) is 100 Å². The van der Waals surface area contributed by atoms with Crippen LogP contribution in [-0.2, 0) is 23.1 Å². The molecule has 5 rings (SSSR count). The summed E-state index contributed by atoms with van der Waals surface area (Å²) in [4.78, 5) is 31.1. The predicted molar refractivity (Wildman–Crippen MR) is 137 cm³/mol. The second kappa shape index (κ2) is 9.25.